The third-order valence-electron chi connectivity index (χ3n) is 3.07. The predicted molar refractivity (Wildman–Crippen MR) is 80.1 cm³/mol. The largest absolute Gasteiger partial charge is 0.497 e. The van der Waals surface area contributed by atoms with Gasteiger partial charge in [-0.05, 0) is 34.7 Å². The Bertz CT molecular complexity index is 786. The summed E-state index contributed by atoms with van der Waals surface area (Å²) >= 11 is 0. The number of tetrazole rings is 1. The molecule has 7 heteroatoms. The number of carbonyl (C=O) groups excluding carboxylic acids is 1. The van der Waals surface area contributed by atoms with E-state index in [1.165, 1.54) is 11.0 Å². The van der Waals surface area contributed by atoms with Crippen molar-refractivity contribution in [3.63, 3.8) is 0 Å². The molecule has 0 saturated carbocycles. The number of benzene rings is 2. The summed E-state index contributed by atoms with van der Waals surface area (Å²) in [6.07, 6.45) is 1.44. The molecule has 0 saturated heterocycles. The highest BCUT2D eigenvalue weighted by molar-refractivity contribution is 6.06. The van der Waals surface area contributed by atoms with Crippen LogP contribution >= 0.6 is 0 Å². The fraction of sp³-hybridized carbons (Fsp3) is 0.0667. The maximum absolute atomic E-state index is 12.5. The Morgan fingerprint density at radius 2 is 2.05 bits per heavy atom. The first-order chi connectivity index (χ1) is 10.8. The first-order valence-electron chi connectivity index (χ1n) is 6.56. The Hall–Kier alpha value is -3.22. The molecular weight excluding hydrogens is 282 g/mol. The van der Waals surface area contributed by atoms with Crippen LogP contribution in [-0.2, 0) is 0 Å². The van der Waals surface area contributed by atoms with Crippen molar-refractivity contribution in [1.82, 2.24) is 20.2 Å². The van der Waals surface area contributed by atoms with Crippen molar-refractivity contribution in [3.8, 4) is 11.4 Å². The van der Waals surface area contributed by atoms with E-state index in [4.69, 9.17) is 4.74 Å². The lowest BCUT2D eigenvalue weighted by Gasteiger charge is -2.10. The Morgan fingerprint density at radius 3 is 2.82 bits per heavy atom. The zero-order valence-electron chi connectivity index (χ0n) is 11.8. The normalized spacial score (nSPS) is 10.2. The maximum atomic E-state index is 12.5. The van der Waals surface area contributed by atoms with Crippen molar-refractivity contribution in [3.05, 3.63) is 60.4 Å². The number of methoxy groups -OCH3 is 1. The Labute approximate surface area is 126 Å². The van der Waals surface area contributed by atoms with E-state index in [0.29, 0.717) is 22.7 Å². The first-order valence-corrected chi connectivity index (χ1v) is 6.56. The number of aromatic nitrogens is 4. The summed E-state index contributed by atoms with van der Waals surface area (Å²) in [5.41, 5.74) is 1.72. The number of carbonyl (C=O) groups is 1. The Balaban J connectivity index is 1.89. The van der Waals surface area contributed by atoms with Gasteiger partial charge in [0.25, 0.3) is 5.91 Å². The minimum absolute atomic E-state index is 0.251. The molecule has 2 aromatic carbocycles. The average Bonchev–Trinajstić information content (AvgIpc) is 3.09. The van der Waals surface area contributed by atoms with Gasteiger partial charge in [0.2, 0.25) is 0 Å². The van der Waals surface area contributed by atoms with E-state index >= 15 is 0 Å². The summed E-state index contributed by atoms with van der Waals surface area (Å²) in [6.45, 7) is 0. The van der Waals surface area contributed by atoms with Crippen molar-refractivity contribution < 1.29 is 9.53 Å². The zero-order valence-corrected chi connectivity index (χ0v) is 11.8. The van der Waals surface area contributed by atoms with Gasteiger partial charge in [-0.1, -0.05) is 18.2 Å². The Kier molecular flexibility index (Phi) is 3.78. The monoisotopic (exact) mass is 295 g/mol. The lowest BCUT2D eigenvalue weighted by atomic mass is 10.1. The van der Waals surface area contributed by atoms with E-state index in [-0.39, 0.29) is 5.91 Å². The second-order valence-electron chi connectivity index (χ2n) is 4.46. The number of rotatable bonds is 4. The average molecular weight is 295 g/mol. The van der Waals surface area contributed by atoms with Gasteiger partial charge in [-0.3, -0.25) is 4.79 Å². The molecule has 0 aliphatic heterocycles. The van der Waals surface area contributed by atoms with E-state index in [0.717, 1.165) is 0 Å². The van der Waals surface area contributed by atoms with Gasteiger partial charge in [-0.25, -0.2) is 0 Å². The highest BCUT2D eigenvalue weighted by Gasteiger charge is 2.13. The van der Waals surface area contributed by atoms with Crippen LogP contribution in [-0.4, -0.2) is 33.2 Å². The van der Waals surface area contributed by atoms with Gasteiger partial charge in [0.05, 0.1) is 18.4 Å². The summed E-state index contributed by atoms with van der Waals surface area (Å²) in [5.74, 6) is 0.422. The summed E-state index contributed by atoms with van der Waals surface area (Å²) < 4.78 is 6.59. The van der Waals surface area contributed by atoms with E-state index in [1.807, 2.05) is 18.2 Å². The molecule has 110 valence electrons. The highest BCUT2D eigenvalue weighted by Crippen LogP contribution is 2.19. The van der Waals surface area contributed by atoms with Gasteiger partial charge < -0.3 is 10.1 Å². The molecule has 1 heterocycles. The van der Waals surface area contributed by atoms with E-state index in [1.54, 1.807) is 37.4 Å². The fourth-order valence-electron chi connectivity index (χ4n) is 2.04. The fourth-order valence-corrected chi connectivity index (χ4v) is 2.04. The number of nitrogens with one attached hydrogen (secondary N) is 1. The van der Waals surface area contributed by atoms with Crippen molar-refractivity contribution in [1.29, 1.82) is 0 Å². The number of ether oxygens (including phenoxy) is 1. The van der Waals surface area contributed by atoms with E-state index < -0.39 is 0 Å². The van der Waals surface area contributed by atoms with Crippen molar-refractivity contribution in [2.24, 2.45) is 0 Å². The van der Waals surface area contributed by atoms with Crippen LogP contribution in [0.1, 0.15) is 10.4 Å². The topological polar surface area (TPSA) is 81.9 Å². The highest BCUT2D eigenvalue weighted by atomic mass is 16.5. The van der Waals surface area contributed by atoms with Gasteiger partial charge in [-0.2, -0.15) is 4.68 Å². The van der Waals surface area contributed by atoms with Crippen LogP contribution < -0.4 is 10.1 Å². The molecular formula is C15H13N5O2. The van der Waals surface area contributed by atoms with Crippen LogP contribution in [0.5, 0.6) is 5.75 Å². The molecule has 1 amide bonds. The minimum Gasteiger partial charge on any atom is -0.497 e. The quantitative estimate of drug-likeness (QED) is 0.795. The van der Waals surface area contributed by atoms with Crippen molar-refractivity contribution >= 4 is 11.6 Å². The molecule has 0 unspecified atom stereocenters. The smallest absolute Gasteiger partial charge is 0.257 e. The van der Waals surface area contributed by atoms with Gasteiger partial charge >= 0.3 is 0 Å². The second kappa shape index (κ2) is 6.04. The summed E-state index contributed by atoms with van der Waals surface area (Å²) in [4.78, 5) is 12.5. The van der Waals surface area contributed by atoms with Crippen LogP contribution in [0.3, 0.4) is 0 Å². The second-order valence-corrected chi connectivity index (χ2v) is 4.46. The molecule has 0 radical (unpaired) electrons. The molecule has 3 rings (SSSR count). The van der Waals surface area contributed by atoms with E-state index in [2.05, 4.69) is 20.8 Å². The van der Waals surface area contributed by atoms with Gasteiger partial charge in [0.1, 0.15) is 12.1 Å². The molecule has 1 aromatic heterocycles. The zero-order chi connectivity index (χ0) is 15.4. The SMILES string of the molecule is COc1cccc(NC(=O)c2ccccc2-n2cnnn2)c1. The van der Waals surface area contributed by atoms with Crippen LogP contribution in [0.25, 0.3) is 5.69 Å². The molecule has 0 fully saturated rings. The maximum Gasteiger partial charge on any atom is 0.257 e. The molecule has 3 aromatic rings. The molecule has 7 nitrogen and oxygen atoms in total. The molecule has 0 aliphatic carbocycles. The number of para-hydroxylation sites is 1. The standard InChI is InChI=1S/C15H13N5O2/c1-22-12-6-4-5-11(9-12)17-15(21)13-7-2-3-8-14(13)20-10-16-18-19-20/h2-10H,1H3,(H,17,21). The van der Waals surface area contributed by atoms with Gasteiger partial charge in [0, 0.05) is 11.8 Å². The molecule has 22 heavy (non-hydrogen) atoms. The number of anilines is 1. The summed E-state index contributed by atoms with van der Waals surface area (Å²) in [6, 6.07) is 14.3. The van der Waals surface area contributed by atoms with Crippen LogP contribution in [0.2, 0.25) is 0 Å². The Morgan fingerprint density at radius 1 is 1.18 bits per heavy atom. The van der Waals surface area contributed by atoms with E-state index in [9.17, 15) is 4.79 Å². The number of hydrogen-bond donors (Lipinski definition) is 1. The predicted octanol–water partition coefficient (Wildman–Crippen LogP) is 1.92. The lowest BCUT2D eigenvalue weighted by molar-refractivity contribution is 0.102. The molecule has 0 bridgehead atoms. The van der Waals surface area contributed by atoms with Crippen molar-refractivity contribution in [2.75, 3.05) is 12.4 Å². The van der Waals surface area contributed by atoms with Crippen LogP contribution in [0.4, 0.5) is 5.69 Å². The number of nitrogens with zero attached hydrogens (tertiary/aromatic N) is 4. The third-order valence-corrected chi connectivity index (χ3v) is 3.07. The lowest BCUT2D eigenvalue weighted by Crippen LogP contribution is -2.15. The number of amides is 1. The molecule has 0 aliphatic rings. The van der Waals surface area contributed by atoms with Crippen LogP contribution in [0.15, 0.2) is 54.9 Å². The third kappa shape index (κ3) is 2.78. The molecule has 1 N–H and O–H groups in total. The first kappa shape index (κ1) is 13.7. The number of hydrogen-bond acceptors (Lipinski definition) is 5. The van der Waals surface area contributed by atoms with Gasteiger partial charge in [0.15, 0.2) is 0 Å². The van der Waals surface area contributed by atoms with Gasteiger partial charge in [-0.15, -0.1) is 5.10 Å². The summed E-state index contributed by atoms with van der Waals surface area (Å²) in [7, 11) is 1.58. The minimum atomic E-state index is -0.251. The molecule has 0 spiro atoms. The molecule has 0 atom stereocenters. The van der Waals surface area contributed by atoms with Crippen molar-refractivity contribution in [2.45, 2.75) is 0 Å². The van der Waals surface area contributed by atoms with Crippen LogP contribution in [0, 0.1) is 0 Å². The summed E-state index contributed by atoms with van der Waals surface area (Å²) in [5, 5.41) is 13.8.